The summed E-state index contributed by atoms with van der Waals surface area (Å²) in [6, 6.07) is 15.9. The quantitative estimate of drug-likeness (QED) is 0.312. The van der Waals surface area contributed by atoms with Crippen LogP contribution in [0.1, 0.15) is 22.6 Å². The number of carbonyl (C=O) groups excluding carboxylic acids is 1. The zero-order valence-electron chi connectivity index (χ0n) is 17.0. The molecule has 156 valence electrons. The van der Waals surface area contributed by atoms with Crippen LogP contribution in [0.4, 0.5) is 5.82 Å². The Morgan fingerprint density at radius 3 is 2.58 bits per heavy atom. The van der Waals surface area contributed by atoms with E-state index in [1.54, 1.807) is 23.1 Å². The van der Waals surface area contributed by atoms with E-state index in [-0.39, 0.29) is 12.3 Å². The number of halogens is 1. The monoisotopic (exact) mass is 466 g/mol. The molecule has 1 aliphatic rings. The second kappa shape index (κ2) is 8.15. The highest BCUT2D eigenvalue weighted by Crippen LogP contribution is 2.36. The summed E-state index contributed by atoms with van der Waals surface area (Å²) >= 11 is 9.22. The number of rotatable bonds is 5. The summed E-state index contributed by atoms with van der Waals surface area (Å²) in [7, 11) is 0. The second-order valence-electron chi connectivity index (χ2n) is 7.38. The fourth-order valence-corrected chi connectivity index (χ4v) is 5.48. The molecular formula is C23H19ClN4OS2. The number of nitrogens with zero attached hydrogens (tertiary/aromatic N) is 4. The van der Waals surface area contributed by atoms with E-state index in [0.29, 0.717) is 16.6 Å². The fourth-order valence-electron chi connectivity index (χ4n) is 3.70. The molecule has 0 fully saturated rings. The van der Waals surface area contributed by atoms with E-state index in [4.69, 9.17) is 16.6 Å². The van der Waals surface area contributed by atoms with Crippen molar-refractivity contribution in [3.8, 4) is 16.3 Å². The van der Waals surface area contributed by atoms with Crippen LogP contribution in [0.15, 0.2) is 63.8 Å². The molecule has 1 aromatic carbocycles. The second-order valence-corrected chi connectivity index (χ2v) is 9.78. The van der Waals surface area contributed by atoms with Crippen LogP contribution in [0.5, 0.6) is 0 Å². The average molecular weight is 467 g/mol. The summed E-state index contributed by atoms with van der Waals surface area (Å²) < 4.78 is 3.65. The largest absolute Gasteiger partial charge is 0.317 e. The summed E-state index contributed by atoms with van der Waals surface area (Å²) in [5.74, 6) is 1.20. The molecule has 0 amide bonds. The number of aromatic nitrogens is 3. The molecule has 0 aliphatic carbocycles. The van der Waals surface area contributed by atoms with Crippen LogP contribution in [0.3, 0.4) is 0 Å². The zero-order chi connectivity index (χ0) is 21.5. The van der Waals surface area contributed by atoms with E-state index in [0.717, 1.165) is 38.3 Å². The molecule has 0 spiro atoms. The molecule has 4 heterocycles. The highest BCUT2D eigenvalue weighted by atomic mass is 35.5. The highest BCUT2D eigenvalue weighted by Gasteiger charge is 2.24. The van der Waals surface area contributed by atoms with Gasteiger partial charge in [-0.05, 0) is 61.7 Å². The number of benzene rings is 1. The zero-order valence-corrected chi connectivity index (χ0v) is 19.4. The molecule has 8 heteroatoms. The molecule has 0 atom stereocenters. The Morgan fingerprint density at radius 2 is 1.84 bits per heavy atom. The average Bonchev–Trinajstić information content (AvgIpc) is 3.46. The van der Waals surface area contributed by atoms with Crippen molar-refractivity contribution >= 4 is 52.1 Å². The Morgan fingerprint density at radius 1 is 1.10 bits per heavy atom. The van der Waals surface area contributed by atoms with Crippen molar-refractivity contribution in [3.05, 3.63) is 70.3 Å². The Labute approximate surface area is 193 Å². The minimum atomic E-state index is -0.0469. The Balaban J connectivity index is 1.44. The molecule has 5 nitrogen and oxygen atoms in total. The van der Waals surface area contributed by atoms with Gasteiger partial charge in [-0.2, -0.15) is 9.78 Å². The lowest BCUT2D eigenvalue weighted by atomic mass is 10.2. The molecule has 0 radical (unpaired) electrons. The standard InChI is InChI=1S/C23H19ClN4OS2/c1-14-3-4-15(2)27(14)20-9-10-30-23(20)19-12-21-25-17(11-22(29)28(21)26-19)13-31-18-7-5-16(24)6-8-18/h3-10,12H,11,13H2,1-2H3. The predicted molar refractivity (Wildman–Crippen MR) is 129 cm³/mol. The van der Waals surface area contributed by atoms with E-state index >= 15 is 0 Å². The maximum Gasteiger partial charge on any atom is 0.254 e. The summed E-state index contributed by atoms with van der Waals surface area (Å²) in [5, 5.41) is 7.37. The van der Waals surface area contributed by atoms with Gasteiger partial charge in [0.15, 0.2) is 5.82 Å². The first kappa shape index (κ1) is 20.3. The number of thioether (sulfide) groups is 1. The molecule has 0 saturated carbocycles. The van der Waals surface area contributed by atoms with E-state index in [9.17, 15) is 4.79 Å². The first-order valence-corrected chi connectivity index (χ1v) is 12.0. The Hall–Kier alpha value is -2.61. The van der Waals surface area contributed by atoms with Crippen LogP contribution in [-0.2, 0) is 0 Å². The number of aliphatic imine (C=N–C) groups is 1. The van der Waals surface area contributed by atoms with E-state index in [2.05, 4.69) is 47.1 Å². The molecule has 5 rings (SSSR count). The summed E-state index contributed by atoms with van der Waals surface area (Å²) in [6.45, 7) is 4.18. The molecule has 3 aromatic heterocycles. The number of carbonyl (C=O) groups is 1. The van der Waals surface area contributed by atoms with Gasteiger partial charge in [-0.25, -0.2) is 4.99 Å². The van der Waals surface area contributed by atoms with E-state index in [1.165, 1.54) is 4.68 Å². The SMILES string of the molecule is Cc1ccc(C)n1-c1ccsc1-c1cc2n(n1)C(=O)CC(CSc1ccc(Cl)cc1)=N2. The summed E-state index contributed by atoms with van der Waals surface area (Å²) in [4.78, 5) is 19.6. The number of fused-ring (bicyclic) bond motifs is 1. The van der Waals surface area contributed by atoms with Crippen LogP contribution in [-0.4, -0.2) is 31.7 Å². The molecule has 31 heavy (non-hydrogen) atoms. The van der Waals surface area contributed by atoms with Gasteiger partial charge in [-0.15, -0.1) is 23.1 Å². The van der Waals surface area contributed by atoms with Gasteiger partial charge in [-0.3, -0.25) is 4.79 Å². The maximum absolute atomic E-state index is 12.7. The molecule has 0 saturated heterocycles. The van der Waals surface area contributed by atoms with Gasteiger partial charge in [0.25, 0.3) is 5.91 Å². The normalized spacial score (nSPS) is 13.4. The third-order valence-corrected chi connectivity index (χ3v) is 7.42. The molecular weight excluding hydrogens is 448 g/mol. The first-order valence-electron chi connectivity index (χ1n) is 9.81. The van der Waals surface area contributed by atoms with Gasteiger partial charge in [0.05, 0.1) is 17.0 Å². The minimum absolute atomic E-state index is 0.0469. The van der Waals surface area contributed by atoms with Crippen molar-refractivity contribution in [2.24, 2.45) is 4.99 Å². The molecule has 0 N–H and O–H groups in total. The van der Waals surface area contributed by atoms with Crippen LogP contribution in [0.2, 0.25) is 5.02 Å². The lowest BCUT2D eigenvalue weighted by Crippen LogP contribution is -2.22. The van der Waals surface area contributed by atoms with E-state index in [1.807, 2.05) is 30.3 Å². The molecule has 1 aliphatic heterocycles. The van der Waals surface area contributed by atoms with Crippen LogP contribution < -0.4 is 0 Å². The highest BCUT2D eigenvalue weighted by molar-refractivity contribution is 8.00. The van der Waals surface area contributed by atoms with Gasteiger partial charge >= 0.3 is 0 Å². The van der Waals surface area contributed by atoms with Crippen molar-refractivity contribution in [1.82, 2.24) is 14.3 Å². The first-order chi connectivity index (χ1) is 15.0. The Bertz CT molecular complexity index is 1290. The van der Waals surface area contributed by atoms with Crippen LogP contribution in [0, 0.1) is 13.8 Å². The van der Waals surface area contributed by atoms with Crippen molar-refractivity contribution < 1.29 is 4.79 Å². The van der Waals surface area contributed by atoms with Gasteiger partial charge < -0.3 is 4.57 Å². The smallest absolute Gasteiger partial charge is 0.254 e. The summed E-state index contributed by atoms with van der Waals surface area (Å²) in [6.07, 6.45) is 0.280. The summed E-state index contributed by atoms with van der Waals surface area (Å²) in [5.41, 5.74) is 5.03. The van der Waals surface area contributed by atoms with Gasteiger partial charge in [0.2, 0.25) is 0 Å². The lowest BCUT2D eigenvalue weighted by Gasteiger charge is -2.12. The van der Waals surface area contributed by atoms with Crippen molar-refractivity contribution in [3.63, 3.8) is 0 Å². The number of hydrogen-bond donors (Lipinski definition) is 0. The van der Waals surface area contributed by atoms with Crippen molar-refractivity contribution in [1.29, 1.82) is 0 Å². The maximum atomic E-state index is 12.7. The Kier molecular flexibility index (Phi) is 5.33. The third-order valence-electron chi connectivity index (χ3n) is 5.16. The van der Waals surface area contributed by atoms with E-state index < -0.39 is 0 Å². The van der Waals surface area contributed by atoms with Gasteiger partial charge in [-0.1, -0.05) is 11.6 Å². The van der Waals surface area contributed by atoms with Crippen molar-refractivity contribution in [2.45, 2.75) is 25.2 Å². The number of thiophene rings is 1. The minimum Gasteiger partial charge on any atom is -0.317 e. The number of aryl methyl sites for hydroxylation is 2. The van der Waals surface area contributed by atoms with Crippen LogP contribution in [0.25, 0.3) is 16.3 Å². The predicted octanol–water partition coefficient (Wildman–Crippen LogP) is 6.58. The molecule has 0 unspecified atom stereocenters. The third kappa shape index (κ3) is 3.89. The van der Waals surface area contributed by atoms with Crippen LogP contribution >= 0.6 is 34.7 Å². The topological polar surface area (TPSA) is 52.2 Å². The molecule has 0 bridgehead atoms. The van der Waals surface area contributed by atoms with Crippen molar-refractivity contribution in [2.75, 3.05) is 5.75 Å². The number of hydrogen-bond acceptors (Lipinski definition) is 5. The van der Waals surface area contributed by atoms with Gasteiger partial charge in [0, 0.05) is 38.8 Å². The molecule has 4 aromatic rings. The van der Waals surface area contributed by atoms with Gasteiger partial charge in [0.1, 0.15) is 5.69 Å². The fraction of sp³-hybridized carbons (Fsp3) is 0.174. The lowest BCUT2D eigenvalue weighted by molar-refractivity contribution is 0.0906.